The minimum atomic E-state index is 0.186. The van der Waals surface area contributed by atoms with Gasteiger partial charge in [-0.25, -0.2) is 0 Å². The Kier molecular flexibility index (Phi) is 4.54. The lowest BCUT2D eigenvalue weighted by Gasteiger charge is -2.38. The Balaban J connectivity index is 2.00. The SMILES string of the molecule is CC(C)(C)C1CCN(C(=O)c2cccc(I)c2)CC1. The van der Waals surface area contributed by atoms with Gasteiger partial charge in [0, 0.05) is 22.2 Å². The summed E-state index contributed by atoms with van der Waals surface area (Å²) in [5.41, 5.74) is 1.18. The summed E-state index contributed by atoms with van der Waals surface area (Å²) in [5.74, 6) is 0.915. The molecule has 0 aliphatic carbocycles. The molecule has 2 rings (SSSR count). The Labute approximate surface area is 129 Å². The van der Waals surface area contributed by atoms with Crippen molar-refractivity contribution in [3.05, 3.63) is 33.4 Å². The molecular weight excluding hydrogens is 349 g/mol. The summed E-state index contributed by atoms with van der Waals surface area (Å²) in [6, 6.07) is 7.86. The van der Waals surface area contributed by atoms with Crippen LogP contribution in [0.1, 0.15) is 44.0 Å². The number of piperidine rings is 1. The van der Waals surface area contributed by atoms with E-state index in [1.54, 1.807) is 0 Å². The quantitative estimate of drug-likeness (QED) is 0.678. The number of carbonyl (C=O) groups excluding carboxylic acids is 1. The van der Waals surface area contributed by atoms with Crippen molar-refractivity contribution in [2.75, 3.05) is 13.1 Å². The predicted molar refractivity (Wildman–Crippen MR) is 87.2 cm³/mol. The van der Waals surface area contributed by atoms with Gasteiger partial charge in [-0.05, 0) is 65.0 Å². The van der Waals surface area contributed by atoms with Crippen LogP contribution in [0, 0.1) is 14.9 Å². The second kappa shape index (κ2) is 5.81. The van der Waals surface area contributed by atoms with Crippen LogP contribution in [0.2, 0.25) is 0 Å². The molecule has 1 amide bonds. The number of likely N-dealkylation sites (tertiary alicyclic amines) is 1. The van der Waals surface area contributed by atoms with Gasteiger partial charge in [-0.1, -0.05) is 26.8 Å². The molecule has 0 spiro atoms. The zero-order chi connectivity index (χ0) is 14.0. The van der Waals surface area contributed by atoms with Crippen LogP contribution in [0.5, 0.6) is 0 Å². The van der Waals surface area contributed by atoms with E-state index in [0.29, 0.717) is 5.41 Å². The van der Waals surface area contributed by atoms with Crippen LogP contribution in [-0.4, -0.2) is 23.9 Å². The van der Waals surface area contributed by atoms with Crippen molar-refractivity contribution in [3.63, 3.8) is 0 Å². The zero-order valence-corrected chi connectivity index (χ0v) is 14.1. The van der Waals surface area contributed by atoms with E-state index in [4.69, 9.17) is 0 Å². The van der Waals surface area contributed by atoms with Gasteiger partial charge in [-0.15, -0.1) is 0 Å². The minimum absolute atomic E-state index is 0.186. The standard InChI is InChI=1S/C16H22INO/c1-16(2,3)13-7-9-18(10-8-13)15(19)12-5-4-6-14(17)11-12/h4-6,11,13H,7-10H2,1-3H3. The van der Waals surface area contributed by atoms with Gasteiger partial charge in [0.25, 0.3) is 5.91 Å². The van der Waals surface area contributed by atoms with E-state index >= 15 is 0 Å². The third-order valence-corrected chi connectivity index (χ3v) is 4.75. The molecule has 0 radical (unpaired) electrons. The highest BCUT2D eigenvalue weighted by Crippen LogP contribution is 2.34. The second-order valence-corrected chi connectivity index (χ2v) is 7.69. The largest absolute Gasteiger partial charge is 0.339 e. The number of amides is 1. The topological polar surface area (TPSA) is 20.3 Å². The third kappa shape index (κ3) is 3.71. The summed E-state index contributed by atoms with van der Waals surface area (Å²) in [4.78, 5) is 14.4. The van der Waals surface area contributed by atoms with Gasteiger partial charge in [0.1, 0.15) is 0 Å². The number of hydrogen-bond donors (Lipinski definition) is 0. The summed E-state index contributed by atoms with van der Waals surface area (Å²) in [5, 5.41) is 0. The molecule has 104 valence electrons. The van der Waals surface area contributed by atoms with Gasteiger partial charge in [0.05, 0.1) is 0 Å². The maximum absolute atomic E-state index is 12.4. The van der Waals surface area contributed by atoms with Crippen LogP contribution in [0.25, 0.3) is 0 Å². The molecule has 0 unspecified atom stereocenters. The fourth-order valence-corrected chi connectivity index (χ4v) is 3.30. The summed E-state index contributed by atoms with van der Waals surface area (Å²) < 4.78 is 1.12. The number of halogens is 1. The highest BCUT2D eigenvalue weighted by molar-refractivity contribution is 14.1. The van der Waals surface area contributed by atoms with Crippen LogP contribution in [0.4, 0.5) is 0 Å². The fourth-order valence-electron chi connectivity index (χ4n) is 2.75. The number of carbonyl (C=O) groups is 1. The fraction of sp³-hybridized carbons (Fsp3) is 0.562. The molecule has 1 aliphatic heterocycles. The number of hydrogen-bond acceptors (Lipinski definition) is 1. The van der Waals surface area contributed by atoms with E-state index in [1.807, 2.05) is 29.2 Å². The molecule has 19 heavy (non-hydrogen) atoms. The second-order valence-electron chi connectivity index (χ2n) is 6.44. The van der Waals surface area contributed by atoms with E-state index in [2.05, 4.69) is 43.4 Å². The monoisotopic (exact) mass is 371 g/mol. The molecule has 0 N–H and O–H groups in total. The van der Waals surface area contributed by atoms with E-state index in [9.17, 15) is 4.79 Å². The van der Waals surface area contributed by atoms with E-state index < -0.39 is 0 Å². The molecular formula is C16H22INO. The lowest BCUT2D eigenvalue weighted by Crippen LogP contribution is -2.41. The van der Waals surface area contributed by atoms with E-state index in [-0.39, 0.29) is 5.91 Å². The van der Waals surface area contributed by atoms with Crippen LogP contribution in [0.3, 0.4) is 0 Å². The van der Waals surface area contributed by atoms with Crippen molar-refractivity contribution < 1.29 is 4.79 Å². The molecule has 0 aromatic heterocycles. The first-order valence-electron chi connectivity index (χ1n) is 6.93. The summed E-state index contributed by atoms with van der Waals surface area (Å²) in [6.45, 7) is 8.69. The Bertz CT molecular complexity index is 456. The van der Waals surface area contributed by atoms with Gasteiger partial charge < -0.3 is 4.90 Å². The highest BCUT2D eigenvalue weighted by atomic mass is 127. The zero-order valence-electron chi connectivity index (χ0n) is 11.9. The van der Waals surface area contributed by atoms with Gasteiger partial charge in [-0.2, -0.15) is 0 Å². The van der Waals surface area contributed by atoms with Crippen molar-refractivity contribution in [1.29, 1.82) is 0 Å². The summed E-state index contributed by atoms with van der Waals surface area (Å²) in [7, 11) is 0. The maximum atomic E-state index is 12.4. The van der Waals surface area contributed by atoms with E-state index in [0.717, 1.165) is 41.0 Å². The molecule has 1 fully saturated rings. The molecule has 1 heterocycles. The highest BCUT2D eigenvalue weighted by Gasteiger charge is 2.30. The Hall–Kier alpha value is -0.580. The Morgan fingerprint density at radius 2 is 1.89 bits per heavy atom. The van der Waals surface area contributed by atoms with Gasteiger partial charge >= 0.3 is 0 Å². The minimum Gasteiger partial charge on any atom is -0.339 e. The van der Waals surface area contributed by atoms with Crippen molar-refractivity contribution in [2.45, 2.75) is 33.6 Å². The normalized spacial score (nSPS) is 17.6. The molecule has 2 nitrogen and oxygen atoms in total. The van der Waals surface area contributed by atoms with E-state index in [1.165, 1.54) is 0 Å². The molecule has 0 bridgehead atoms. The number of benzene rings is 1. The summed E-state index contributed by atoms with van der Waals surface area (Å²) >= 11 is 2.25. The first-order valence-corrected chi connectivity index (χ1v) is 8.00. The predicted octanol–water partition coefficient (Wildman–Crippen LogP) is 4.19. The van der Waals surface area contributed by atoms with Crippen molar-refractivity contribution >= 4 is 28.5 Å². The first kappa shape index (κ1) is 14.8. The number of nitrogens with zero attached hydrogens (tertiary/aromatic N) is 1. The molecule has 1 aromatic rings. The molecule has 3 heteroatoms. The molecule has 0 atom stereocenters. The molecule has 0 saturated carbocycles. The Morgan fingerprint density at radius 1 is 1.26 bits per heavy atom. The molecule has 1 aliphatic rings. The van der Waals surface area contributed by atoms with Crippen LogP contribution in [-0.2, 0) is 0 Å². The van der Waals surface area contributed by atoms with Crippen molar-refractivity contribution in [3.8, 4) is 0 Å². The van der Waals surface area contributed by atoms with Gasteiger partial charge in [-0.3, -0.25) is 4.79 Å². The van der Waals surface area contributed by atoms with Crippen molar-refractivity contribution in [2.24, 2.45) is 11.3 Å². The van der Waals surface area contributed by atoms with Gasteiger partial charge in [0.15, 0.2) is 0 Å². The smallest absolute Gasteiger partial charge is 0.253 e. The van der Waals surface area contributed by atoms with Crippen LogP contribution < -0.4 is 0 Å². The average molecular weight is 371 g/mol. The van der Waals surface area contributed by atoms with Crippen LogP contribution >= 0.6 is 22.6 Å². The third-order valence-electron chi connectivity index (χ3n) is 4.08. The maximum Gasteiger partial charge on any atom is 0.253 e. The lowest BCUT2D eigenvalue weighted by atomic mass is 9.75. The molecule has 1 saturated heterocycles. The Morgan fingerprint density at radius 3 is 2.42 bits per heavy atom. The first-order chi connectivity index (χ1) is 8.88. The lowest BCUT2D eigenvalue weighted by molar-refractivity contribution is 0.0608. The average Bonchev–Trinajstić information content (AvgIpc) is 2.37. The van der Waals surface area contributed by atoms with Crippen molar-refractivity contribution in [1.82, 2.24) is 4.90 Å². The summed E-state index contributed by atoms with van der Waals surface area (Å²) in [6.07, 6.45) is 2.25. The molecule has 1 aromatic carbocycles. The van der Waals surface area contributed by atoms with Gasteiger partial charge in [0.2, 0.25) is 0 Å². The number of rotatable bonds is 1. The van der Waals surface area contributed by atoms with Crippen LogP contribution in [0.15, 0.2) is 24.3 Å².